The van der Waals surface area contributed by atoms with E-state index in [-0.39, 0.29) is 11.3 Å². The standard InChI is InChI=1S/C11H14N2O6/c1-3-6-9(5(2)19-13-6)10(16)12-7(11(17)18)4-8(14)15/h7H,3-4H2,1-2H3,(H,12,16)(H,14,15)(H,17,18)/t7-/m0/s1. The van der Waals surface area contributed by atoms with Crippen molar-refractivity contribution < 1.29 is 29.1 Å². The first kappa shape index (κ1) is 14.7. The molecular formula is C11H14N2O6. The van der Waals surface area contributed by atoms with Gasteiger partial charge in [0.1, 0.15) is 17.4 Å². The molecule has 0 fully saturated rings. The predicted octanol–water partition coefficient (Wildman–Crippen LogP) is 0.203. The van der Waals surface area contributed by atoms with E-state index in [9.17, 15) is 14.4 Å². The van der Waals surface area contributed by atoms with Gasteiger partial charge in [0, 0.05) is 0 Å². The number of carboxylic acid groups (broad SMARTS) is 2. The molecule has 3 N–H and O–H groups in total. The Balaban J connectivity index is 2.90. The minimum Gasteiger partial charge on any atom is -0.481 e. The molecule has 0 saturated heterocycles. The Morgan fingerprint density at radius 3 is 2.47 bits per heavy atom. The summed E-state index contributed by atoms with van der Waals surface area (Å²) in [6.07, 6.45) is -0.260. The second-order valence-corrected chi connectivity index (χ2v) is 3.88. The molecule has 0 aliphatic carbocycles. The summed E-state index contributed by atoms with van der Waals surface area (Å²) in [5.41, 5.74) is 0.550. The van der Waals surface area contributed by atoms with Crippen LogP contribution >= 0.6 is 0 Å². The number of hydrogen-bond acceptors (Lipinski definition) is 5. The molecule has 0 aliphatic rings. The van der Waals surface area contributed by atoms with Gasteiger partial charge in [0.25, 0.3) is 5.91 Å². The van der Waals surface area contributed by atoms with Crippen LogP contribution in [0.4, 0.5) is 0 Å². The van der Waals surface area contributed by atoms with E-state index < -0.39 is 30.3 Å². The highest BCUT2D eigenvalue weighted by Gasteiger charge is 2.27. The van der Waals surface area contributed by atoms with E-state index in [2.05, 4.69) is 10.5 Å². The molecule has 1 amide bonds. The molecule has 1 atom stereocenters. The molecule has 0 saturated carbocycles. The number of aliphatic carboxylic acids is 2. The van der Waals surface area contributed by atoms with Gasteiger partial charge in [-0.1, -0.05) is 12.1 Å². The maximum atomic E-state index is 11.9. The van der Waals surface area contributed by atoms with Gasteiger partial charge in [-0.05, 0) is 13.3 Å². The number of amides is 1. The second kappa shape index (κ2) is 5.98. The van der Waals surface area contributed by atoms with Crippen molar-refractivity contribution in [1.29, 1.82) is 0 Å². The third kappa shape index (κ3) is 3.54. The quantitative estimate of drug-likeness (QED) is 0.673. The maximum Gasteiger partial charge on any atom is 0.326 e. The summed E-state index contributed by atoms with van der Waals surface area (Å²) in [6, 6.07) is -1.50. The second-order valence-electron chi connectivity index (χ2n) is 3.88. The van der Waals surface area contributed by atoms with Crippen LogP contribution in [0.25, 0.3) is 0 Å². The van der Waals surface area contributed by atoms with Crippen molar-refractivity contribution >= 4 is 17.8 Å². The predicted molar refractivity (Wildman–Crippen MR) is 61.8 cm³/mol. The fraction of sp³-hybridized carbons (Fsp3) is 0.455. The van der Waals surface area contributed by atoms with E-state index in [4.69, 9.17) is 14.7 Å². The number of carbonyl (C=O) groups is 3. The zero-order valence-corrected chi connectivity index (χ0v) is 10.5. The summed E-state index contributed by atoms with van der Waals surface area (Å²) < 4.78 is 4.86. The first-order valence-electron chi connectivity index (χ1n) is 5.57. The lowest BCUT2D eigenvalue weighted by Crippen LogP contribution is -2.42. The molecule has 1 heterocycles. The molecule has 0 unspecified atom stereocenters. The van der Waals surface area contributed by atoms with Crippen LogP contribution in [0.15, 0.2) is 4.52 Å². The Kier molecular flexibility index (Phi) is 4.62. The molecular weight excluding hydrogens is 256 g/mol. The number of aromatic nitrogens is 1. The third-order valence-electron chi connectivity index (χ3n) is 2.48. The summed E-state index contributed by atoms with van der Waals surface area (Å²) in [4.78, 5) is 33.3. The number of carboxylic acids is 2. The number of aryl methyl sites for hydroxylation is 2. The number of rotatable bonds is 6. The van der Waals surface area contributed by atoms with Crippen LogP contribution in [-0.2, 0) is 16.0 Å². The molecule has 1 aromatic rings. The highest BCUT2D eigenvalue weighted by Crippen LogP contribution is 2.14. The van der Waals surface area contributed by atoms with E-state index in [1.165, 1.54) is 6.92 Å². The maximum absolute atomic E-state index is 11.9. The number of hydrogen-bond donors (Lipinski definition) is 3. The van der Waals surface area contributed by atoms with Crippen LogP contribution in [-0.4, -0.2) is 39.3 Å². The molecule has 1 rings (SSSR count). The minimum absolute atomic E-state index is 0.152. The van der Waals surface area contributed by atoms with Gasteiger partial charge in [-0.2, -0.15) is 0 Å². The number of nitrogens with one attached hydrogen (secondary N) is 1. The molecule has 1 aromatic heterocycles. The molecule has 104 valence electrons. The van der Waals surface area contributed by atoms with Gasteiger partial charge in [0.15, 0.2) is 0 Å². The Hall–Kier alpha value is -2.38. The van der Waals surface area contributed by atoms with Gasteiger partial charge in [-0.25, -0.2) is 4.79 Å². The molecule has 8 nitrogen and oxygen atoms in total. The highest BCUT2D eigenvalue weighted by molar-refractivity contribution is 5.98. The smallest absolute Gasteiger partial charge is 0.326 e. The molecule has 19 heavy (non-hydrogen) atoms. The van der Waals surface area contributed by atoms with E-state index in [0.29, 0.717) is 12.1 Å². The largest absolute Gasteiger partial charge is 0.481 e. The van der Waals surface area contributed by atoms with Crippen molar-refractivity contribution in [3.8, 4) is 0 Å². The van der Waals surface area contributed by atoms with E-state index in [1.807, 2.05) is 0 Å². The average Bonchev–Trinajstić information content (AvgIpc) is 2.68. The van der Waals surface area contributed by atoms with Crippen LogP contribution in [0, 0.1) is 6.92 Å². The Morgan fingerprint density at radius 2 is 2.00 bits per heavy atom. The summed E-state index contributed by atoms with van der Waals surface area (Å²) in [7, 11) is 0. The highest BCUT2D eigenvalue weighted by atomic mass is 16.5. The van der Waals surface area contributed by atoms with Crippen molar-refractivity contribution in [3.63, 3.8) is 0 Å². The molecule has 0 spiro atoms. The van der Waals surface area contributed by atoms with E-state index in [0.717, 1.165) is 0 Å². The fourth-order valence-corrected chi connectivity index (χ4v) is 1.56. The van der Waals surface area contributed by atoms with Gasteiger partial charge in [0.2, 0.25) is 0 Å². The van der Waals surface area contributed by atoms with Gasteiger partial charge in [-0.15, -0.1) is 0 Å². The van der Waals surface area contributed by atoms with Gasteiger partial charge >= 0.3 is 11.9 Å². The number of nitrogens with zero attached hydrogens (tertiary/aromatic N) is 1. The van der Waals surface area contributed by atoms with Crippen molar-refractivity contribution in [2.24, 2.45) is 0 Å². The number of carbonyl (C=O) groups excluding carboxylic acids is 1. The first-order chi connectivity index (χ1) is 8.86. The van der Waals surface area contributed by atoms with Crippen LogP contribution < -0.4 is 5.32 Å². The zero-order valence-electron chi connectivity index (χ0n) is 10.5. The van der Waals surface area contributed by atoms with Crippen molar-refractivity contribution in [1.82, 2.24) is 10.5 Å². The summed E-state index contributed by atoms with van der Waals surface area (Å²) >= 11 is 0. The SMILES string of the molecule is CCc1noc(C)c1C(=O)N[C@@H](CC(=O)O)C(=O)O. The van der Waals surface area contributed by atoms with Crippen LogP contribution in [0.1, 0.15) is 35.2 Å². The monoisotopic (exact) mass is 270 g/mol. The Morgan fingerprint density at radius 1 is 1.37 bits per heavy atom. The molecule has 0 aromatic carbocycles. The van der Waals surface area contributed by atoms with Gasteiger partial charge < -0.3 is 20.1 Å². The lowest BCUT2D eigenvalue weighted by molar-refractivity contribution is -0.145. The lowest BCUT2D eigenvalue weighted by atomic mass is 10.1. The first-order valence-corrected chi connectivity index (χ1v) is 5.57. The molecule has 0 bridgehead atoms. The Labute approximate surface area is 108 Å². The van der Waals surface area contributed by atoms with E-state index in [1.54, 1.807) is 6.92 Å². The fourth-order valence-electron chi connectivity index (χ4n) is 1.56. The Bertz CT molecular complexity index is 507. The van der Waals surface area contributed by atoms with Gasteiger partial charge in [-0.3, -0.25) is 9.59 Å². The van der Waals surface area contributed by atoms with Crippen LogP contribution in [0.2, 0.25) is 0 Å². The van der Waals surface area contributed by atoms with E-state index >= 15 is 0 Å². The molecule has 8 heteroatoms. The molecule has 0 radical (unpaired) electrons. The molecule has 0 aliphatic heterocycles. The topological polar surface area (TPSA) is 130 Å². The van der Waals surface area contributed by atoms with Crippen molar-refractivity contribution in [2.75, 3.05) is 0 Å². The van der Waals surface area contributed by atoms with Gasteiger partial charge in [0.05, 0.1) is 12.1 Å². The summed E-state index contributed by atoms with van der Waals surface area (Å²) in [5.74, 6) is -3.17. The summed E-state index contributed by atoms with van der Waals surface area (Å²) in [5, 5.41) is 23.2. The third-order valence-corrected chi connectivity index (χ3v) is 2.48. The lowest BCUT2D eigenvalue weighted by Gasteiger charge is -2.12. The van der Waals surface area contributed by atoms with Crippen LogP contribution in [0.5, 0.6) is 0 Å². The normalized spacial score (nSPS) is 11.9. The average molecular weight is 270 g/mol. The summed E-state index contributed by atoms with van der Waals surface area (Å²) in [6.45, 7) is 3.29. The van der Waals surface area contributed by atoms with Crippen molar-refractivity contribution in [2.45, 2.75) is 32.7 Å². The van der Waals surface area contributed by atoms with Crippen LogP contribution in [0.3, 0.4) is 0 Å². The minimum atomic E-state index is -1.50. The zero-order chi connectivity index (χ0) is 14.6. The van der Waals surface area contributed by atoms with Crippen molar-refractivity contribution in [3.05, 3.63) is 17.0 Å².